The van der Waals surface area contributed by atoms with E-state index in [1.165, 1.54) is 6.08 Å². The molecule has 0 spiro atoms. The Kier molecular flexibility index (Phi) is 4.15. The number of anilines is 1. The lowest BCUT2D eigenvalue weighted by molar-refractivity contribution is -0.111. The minimum absolute atomic E-state index is 0.114. The first-order chi connectivity index (χ1) is 9.19. The van der Waals surface area contributed by atoms with E-state index < -0.39 is 0 Å². The fourth-order valence-corrected chi connectivity index (χ4v) is 1.66. The number of hydrogen-bond acceptors (Lipinski definition) is 3. The van der Waals surface area contributed by atoms with E-state index in [0.29, 0.717) is 17.0 Å². The molecule has 1 aromatic carbocycles. The molecule has 4 heteroatoms. The number of benzene rings is 1. The van der Waals surface area contributed by atoms with Crippen LogP contribution in [-0.2, 0) is 11.4 Å². The summed E-state index contributed by atoms with van der Waals surface area (Å²) in [5.74, 6) is 1.16. The van der Waals surface area contributed by atoms with Crippen molar-refractivity contribution < 1.29 is 14.3 Å². The van der Waals surface area contributed by atoms with Gasteiger partial charge in [-0.3, -0.25) is 4.79 Å². The van der Waals surface area contributed by atoms with Crippen LogP contribution in [0.2, 0.25) is 0 Å². The summed E-state index contributed by atoms with van der Waals surface area (Å²) in [6.45, 7) is 1.73. The van der Waals surface area contributed by atoms with Gasteiger partial charge in [0, 0.05) is 17.3 Å². The molecule has 4 nitrogen and oxygen atoms in total. The van der Waals surface area contributed by atoms with Gasteiger partial charge >= 0.3 is 0 Å². The number of aryl methyl sites for hydroxylation is 1. The van der Waals surface area contributed by atoms with Crippen molar-refractivity contribution in [1.82, 2.24) is 0 Å². The van der Waals surface area contributed by atoms with Crippen LogP contribution in [0.5, 0.6) is 0 Å². The van der Waals surface area contributed by atoms with E-state index in [1.807, 2.05) is 19.1 Å². The molecule has 0 atom stereocenters. The number of carbonyl (C=O) groups excluding carboxylic acids is 1. The first-order valence-electron chi connectivity index (χ1n) is 5.93. The van der Waals surface area contributed by atoms with Crippen molar-refractivity contribution in [1.29, 1.82) is 0 Å². The number of furan rings is 1. The van der Waals surface area contributed by atoms with Crippen LogP contribution in [0.4, 0.5) is 5.69 Å². The smallest absolute Gasteiger partial charge is 0.248 e. The van der Waals surface area contributed by atoms with Gasteiger partial charge in [0.2, 0.25) is 5.91 Å². The summed E-state index contributed by atoms with van der Waals surface area (Å²) in [5.41, 5.74) is 1.29. The second-order valence-electron chi connectivity index (χ2n) is 4.09. The van der Waals surface area contributed by atoms with Gasteiger partial charge in [-0.2, -0.15) is 0 Å². The molecule has 2 N–H and O–H groups in total. The lowest BCUT2D eigenvalue weighted by atomic mass is 10.2. The molecular weight excluding hydrogens is 242 g/mol. The van der Waals surface area contributed by atoms with Gasteiger partial charge in [-0.05, 0) is 31.2 Å². The average molecular weight is 257 g/mol. The van der Waals surface area contributed by atoms with Crippen molar-refractivity contribution in [3.63, 3.8) is 0 Å². The third-order valence-electron chi connectivity index (χ3n) is 2.61. The lowest BCUT2D eigenvalue weighted by Gasteiger charge is -2.06. The van der Waals surface area contributed by atoms with Crippen molar-refractivity contribution in [2.45, 2.75) is 13.5 Å². The molecule has 0 fully saturated rings. The number of aliphatic hydroxyl groups excluding tert-OH is 1. The van der Waals surface area contributed by atoms with Crippen molar-refractivity contribution in [3.05, 3.63) is 59.6 Å². The topological polar surface area (TPSA) is 62.5 Å². The number of aliphatic hydroxyl groups is 1. The Balaban J connectivity index is 2.03. The molecule has 0 aliphatic carbocycles. The molecule has 0 aliphatic heterocycles. The highest BCUT2D eigenvalue weighted by Gasteiger charge is 2.03. The zero-order valence-electron chi connectivity index (χ0n) is 10.6. The highest BCUT2D eigenvalue weighted by Crippen LogP contribution is 2.15. The molecule has 2 rings (SSSR count). The van der Waals surface area contributed by atoms with Gasteiger partial charge in [-0.15, -0.1) is 0 Å². The predicted octanol–water partition coefficient (Wildman–Crippen LogP) is 2.73. The van der Waals surface area contributed by atoms with E-state index in [9.17, 15) is 4.79 Å². The van der Waals surface area contributed by atoms with Gasteiger partial charge < -0.3 is 14.8 Å². The van der Waals surface area contributed by atoms with Crippen LogP contribution < -0.4 is 5.32 Å². The van der Waals surface area contributed by atoms with E-state index in [-0.39, 0.29) is 12.5 Å². The molecule has 0 saturated heterocycles. The fourth-order valence-electron chi connectivity index (χ4n) is 1.66. The van der Waals surface area contributed by atoms with Crippen LogP contribution in [0.15, 0.2) is 46.9 Å². The monoisotopic (exact) mass is 257 g/mol. The van der Waals surface area contributed by atoms with Crippen molar-refractivity contribution >= 4 is 17.7 Å². The van der Waals surface area contributed by atoms with Crippen LogP contribution in [0.25, 0.3) is 6.08 Å². The number of hydrogen-bond donors (Lipinski definition) is 2. The van der Waals surface area contributed by atoms with Gasteiger partial charge in [0.25, 0.3) is 0 Å². The Hall–Kier alpha value is -2.33. The van der Waals surface area contributed by atoms with Gasteiger partial charge in [0.15, 0.2) is 0 Å². The molecule has 1 aromatic heterocycles. The number of carbonyl (C=O) groups is 1. The molecule has 0 bridgehead atoms. The first kappa shape index (κ1) is 13.1. The molecule has 0 saturated carbocycles. The second-order valence-corrected chi connectivity index (χ2v) is 4.09. The fraction of sp³-hybridized carbons (Fsp3) is 0.133. The Morgan fingerprint density at radius 3 is 2.79 bits per heavy atom. The third-order valence-corrected chi connectivity index (χ3v) is 2.61. The summed E-state index contributed by atoms with van der Waals surface area (Å²) in [5, 5.41) is 11.9. The molecule has 98 valence electrons. The summed E-state index contributed by atoms with van der Waals surface area (Å²) >= 11 is 0. The molecule has 0 aliphatic rings. The Morgan fingerprint density at radius 2 is 2.11 bits per heavy atom. The summed E-state index contributed by atoms with van der Waals surface area (Å²) in [6, 6.07) is 10.7. The number of amides is 1. The summed E-state index contributed by atoms with van der Waals surface area (Å²) < 4.78 is 5.32. The molecule has 19 heavy (non-hydrogen) atoms. The molecule has 1 heterocycles. The summed E-state index contributed by atoms with van der Waals surface area (Å²) in [7, 11) is 0. The van der Waals surface area contributed by atoms with Crippen LogP contribution >= 0.6 is 0 Å². The number of nitrogens with one attached hydrogen (secondary N) is 1. The summed E-state index contributed by atoms with van der Waals surface area (Å²) in [4.78, 5) is 11.7. The number of rotatable bonds is 4. The van der Waals surface area contributed by atoms with Crippen LogP contribution in [0, 0.1) is 6.92 Å². The molecule has 0 unspecified atom stereocenters. The zero-order valence-corrected chi connectivity index (χ0v) is 10.6. The standard InChI is InChI=1S/C15H15NO3/c1-11-6-7-13(19-11)8-9-15(18)16-14-5-3-2-4-12(14)10-17/h2-9,17H,10H2,1H3,(H,16,18). The second kappa shape index (κ2) is 6.02. The zero-order chi connectivity index (χ0) is 13.7. The maximum atomic E-state index is 11.7. The Bertz CT molecular complexity index is 599. The van der Waals surface area contributed by atoms with Gasteiger partial charge in [0.05, 0.1) is 6.61 Å². The van der Waals surface area contributed by atoms with Gasteiger partial charge in [-0.25, -0.2) is 0 Å². The van der Waals surface area contributed by atoms with Gasteiger partial charge in [0.1, 0.15) is 11.5 Å². The van der Waals surface area contributed by atoms with E-state index in [2.05, 4.69) is 5.32 Å². The van der Waals surface area contributed by atoms with E-state index in [4.69, 9.17) is 9.52 Å². The van der Waals surface area contributed by atoms with E-state index in [0.717, 1.165) is 5.76 Å². The quantitative estimate of drug-likeness (QED) is 0.828. The van der Waals surface area contributed by atoms with Crippen LogP contribution in [-0.4, -0.2) is 11.0 Å². The average Bonchev–Trinajstić information content (AvgIpc) is 2.83. The lowest BCUT2D eigenvalue weighted by Crippen LogP contribution is -2.09. The maximum Gasteiger partial charge on any atom is 0.248 e. The van der Waals surface area contributed by atoms with Crippen molar-refractivity contribution in [2.24, 2.45) is 0 Å². The van der Waals surface area contributed by atoms with E-state index >= 15 is 0 Å². The number of para-hydroxylation sites is 1. The minimum Gasteiger partial charge on any atom is -0.462 e. The van der Waals surface area contributed by atoms with Crippen LogP contribution in [0.3, 0.4) is 0 Å². The molecule has 2 aromatic rings. The normalized spacial score (nSPS) is 10.8. The van der Waals surface area contributed by atoms with Gasteiger partial charge in [-0.1, -0.05) is 18.2 Å². The molecule has 0 radical (unpaired) electrons. The summed E-state index contributed by atoms with van der Waals surface area (Å²) in [6.07, 6.45) is 3.00. The Labute approximate surface area is 111 Å². The minimum atomic E-state index is -0.269. The van der Waals surface area contributed by atoms with Crippen molar-refractivity contribution in [2.75, 3.05) is 5.32 Å². The molecular formula is C15H15NO3. The van der Waals surface area contributed by atoms with E-state index in [1.54, 1.807) is 30.3 Å². The van der Waals surface area contributed by atoms with Crippen molar-refractivity contribution in [3.8, 4) is 0 Å². The maximum absolute atomic E-state index is 11.7. The Morgan fingerprint density at radius 1 is 1.32 bits per heavy atom. The highest BCUT2D eigenvalue weighted by molar-refractivity contribution is 6.02. The molecule has 1 amide bonds. The van der Waals surface area contributed by atoms with Crippen LogP contribution in [0.1, 0.15) is 17.1 Å². The largest absolute Gasteiger partial charge is 0.462 e. The highest BCUT2D eigenvalue weighted by atomic mass is 16.3. The predicted molar refractivity (Wildman–Crippen MR) is 73.5 cm³/mol. The first-order valence-corrected chi connectivity index (χ1v) is 5.93. The third kappa shape index (κ3) is 3.56. The SMILES string of the molecule is Cc1ccc(C=CC(=O)Nc2ccccc2CO)o1.